The molecule has 2 aliphatic rings. The number of carbonyl (C=O) groups is 2. The number of rotatable bonds is 6. The molecule has 8 heteroatoms. The summed E-state index contributed by atoms with van der Waals surface area (Å²) in [6.45, 7) is 19.0. The Balaban J connectivity index is 1.42. The largest absolute Gasteiger partial charge is 0.339 e. The molecule has 1 aromatic carbocycles. The van der Waals surface area contributed by atoms with E-state index in [1.807, 2.05) is 45.4 Å². The van der Waals surface area contributed by atoms with Crippen LogP contribution >= 0.6 is 0 Å². The lowest BCUT2D eigenvalue weighted by atomic mass is 9.69. The highest BCUT2D eigenvalue weighted by Crippen LogP contribution is 2.43. The fourth-order valence-electron chi connectivity index (χ4n) is 7.42. The van der Waals surface area contributed by atoms with Crippen LogP contribution in [0.15, 0.2) is 36.8 Å². The van der Waals surface area contributed by atoms with Gasteiger partial charge in [0.15, 0.2) is 0 Å². The van der Waals surface area contributed by atoms with Crippen molar-refractivity contribution >= 4 is 36.0 Å². The molecule has 2 fully saturated rings. The van der Waals surface area contributed by atoms with Gasteiger partial charge in [-0.1, -0.05) is 31.4 Å². The number of carbonyl (C=O) groups excluding carboxylic acids is 2. The van der Waals surface area contributed by atoms with E-state index in [2.05, 4.69) is 60.2 Å². The number of pyridine rings is 1. The van der Waals surface area contributed by atoms with E-state index in [-0.39, 0.29) is 35.4 Å². The van der Waals surface area contributed by atoms with Crippen molar-refractivity contribution in [3.8, 4) is 5.69 Å². The minimum absolute atomic E-state index is 0.0165. The van der Waals surface area contributed by atoms with E-state index in [9.17, 15) is 9.59 Å². The molecule has 2 aromatic heterocycles. The Morgan fingerprint density at radius 2 is 1.86 bits per heavy atom. The van der Waals surface area contributed by atoms with Gasteiger partial charge in [-0.15, -0.1) is 0 Å². The molecule has 0 N–H and O–H groups in total. The first-order chi connectivity index (χ1) is 19.7. The Morgan fingerprint density at radius 1 is 1.17 bits per heavy atom. The maximum atomic E-state index is 13.5. The third-order valence-electron chi connectivity index (χ3n) is 10.3. The minimum Gasteiger partial charge on any atom is -0.339 e. The number of fused-ring (bicyclic) bond motifs is 1. The first-order valence-electron chi connectivity index (χ1n) is 15.4. The van der Waals surface area contributed by atoms with Crippen molar-refractivity contribution in [1.82, 2.24) is 24.3 Å². The molecule has 4 heterocycles. The van der Waals surface area contributed by atoms with E-state index in [1.54, 1.807) is 17.9 Å². The van der Waals surface area contributed by atoms with Gasteiger partial charge in [-0.2, -0.15) is 0 Å². The third kappa shape index (κ3) is 5.16. The molecule has 2 saturated heterocycles. The molecule has 0 aliphatic carbocycles. The molecule has 222 valence electrons. The summed E-state index contributed by atoms with van der Waals surface area (Å²) in [4.78, 5) is 36.9. The highest BCUT2D eigenvalue weighted by molar-refractivity contribution is 6.32. The van der Waals surface area contributed by atoms with Gasteiger partial charge in [0.2, 0.25) is 5.91 Å². The molecule has 2 aliphatic heterocycles. The fourth-order valence-corrected chi connectivity index (χ4v) is 7.42. The Labute approximate surface area is 252 Å². The second-order valence-corrected chi connectivity index (χ2v) is 13.7. The summed E-state index contributed by atoms with van der Waals surface area (Å²) in [5, 5.41) is 1.22. The average Bonchev–Trinajstić information content (AvgIpc) is 3.26. The van der Waals surface area contributed by atoms with Crippen LogP contribution < -0.4 is 5.46 Å². The summed E-state index contributed by atoms with van der Waals surface area (Å²) in [7, 11) is 8.00. The van der Waals surface area contributed by atoms with Crippen molar-refractivity contribution < 1.29 is 9.59 Å². The molecule has 5 rings (SSSR count). The summed E-state index contributed by atoms with van der Waals surface area (Å²) >= 11 is 0. The van der Waals surface area contributed by atoms with Crippen molar-refractivity contribution in [2.24, 2.45) is 11.3 Å². The molecule has 3 aromatic rings. The van der Waals surface area contributed by atoms with Gasteiger partial charge in [0.1, 0.15) is 7.85 Å². The molecule has 7 nitrogen and oxygen atoms in total. The van der Waals surface area contributed by atoms with Gasteiger partial charge < -0.3 is 14.4 Å². The van der Waals surface area contributed by atoms with E-state index in [0.29, 0.717) is 23.0 Å². The van der Waals surface area contributed by atoms with Crippen LogP contribution in [-0.4, -0.2) is 88.2 Å². The second-order valence-electron chi connectivity index (χ2n) is 13.7. The van der Waals surface area contributed by atoms with Crippen LogP contribution in [-0.2, 0) is 11.2 Å². The van der Waals surface area contributed by atoms with E-state index in [1.165, 1.54) is 10.9 Å². The number of hydrogen-bond donors (Lipinski definition) is 0. The second kappa shape index (κ2) is 11.2. The standard InChI is InChI=1S/C34H46BN5O2/c1-20(2)37(9)33(42)28-14-27(35)10-11-29(28)39-19-26(32-21(3)15-36-16-30(32)39)13-25-17-38(18-25)31-12-22(4)40(24(6)41)23(5)34(31,7)8/h10-11,14-16,19-20,22-23,25,31H,12-13,17-18H2,1-9H3/t22-,23+,31?/m0/s1. The van der Waals surface area contributed by atoms with Crippen molar-refractivity contribution in [3.63, 3.8) is 0 Å². The van der Waals surface area contributed by atoms with Gasteiger partial charge in [-0.05, 0) is 70.6 Å². The van der Waals surface area contributed by atoms with Gasteiger partial charge in [-0.3, -0.25) is 19.5 Å². The van der Waals surface area contributed by atoms with Crippen LogP contribution in [0.2, 0.25) is 0 Å². The Hall–Kier alpha value is -3.13. The Kier molecular flexibility index (Phi) is 8.07. The fraction of sp³-hybridized carbons (Fsp3) is 0.559. The number of nitrogens with zero attached hydrogens (tertiary/aromatic N) is 5. The highest BCUT2D eigenvalue weighted by Gasteiger charge is 2.50. The zero-order valence-corrected chi connectivity index (χ0v) is 26.8. The maximum absolute atomic E-state index is 13.5. The molecule has 0 spiro atoms. The molecular weight excluding hydrogens is 521 g/mol. The topological polar surface area (TPSA) is 61.7 Å². The number of hydrogen-bond acceptors (Lipinski definition) is 4. The van der Waals surface area contributed by atoms with Crippen LogP contribution in [0, 0.1) is 18.3 Å². The Bertz CT molecular complexity index is 1510. The summed E-state index contributed by atoms with van der Waals surface area (Å²) in [6, 6.07) is 6.56. The van der Waals surface area contributed by atoms with E-state index in [4.69, 9.17) is 7.85 Å². The van der Waals surface area contributed by atoms with Crippen molar-refractivity contribution in [2.45, 2.75) is 92.4 Å². The van der Waals surface area contributed by atoms with E-state index >= 15 is 0 Å². The SMILES string of the molecule is [B]c1ccc(-n2cc(CC3CN(C4C[C@H](C)N(C(C)=O)[C@H](C)C4(C)C)C3)c3c(C)cncc32)c(C(=O)N(C)C(C)C)c1. The first-order valence-corrected chi connectivity index (χ1v) is 15.4. The van der Waals surface area contributed by atoms with Crippen LogP contribution in [0.5, 0.6) is 0 Å². The summed E-state index contributed by atoms with van der Waals surface area (Å²) in [5.41, 5.74) is 5.43. The third-order valence-corrected chi connectivity index (χ3v) is 10.3. The van der Waals surface area contributed by atoms with Crippen molar-refractivity contribution in [2.75, 3.05) is 20.1 Å². The van der Waals surface area contributed by atoms with Crippen molar-refractivity contribution in [1.29, 1.82) is 0 Å². The van der Waals surface area contributed by atoms with E-state index < -0.39 is 0 Å². The molecule has 0 saturated carbocycles. The smallest absolute Gasteiger partial charge is 0.255 e. The molecule has 0 bridgehead atoms. The lowest BCUT2D eigenvalue weighted by molar-refractivity contribution is -0.148. The zero-order valence-electron chi connectivity index (χ0n) is 26.8. The summed E-state index contributed by atoms with van der Waals surface area (Å²) in [5.74, 6) is 0.669. The molecular formula is C34H46BN5O2. The molecule has 3 atom stereocenters. The predicted molar refractivity (Wildman–Crippen MR) is 171 cm³/mol. The van der Waals surface area contributed by atoms with Crippen LogP contribution in [0.4, 0.5) is 0 Å². The number of piperidine rings is 1. The van der Waals surface area contributed by atoms with Gasteiger partial charge in [0, 0.05) is 74.4 Å². The first kappa shape index (κ1) is 30.3. The van der Waals surface area contributed by atoms with Gasteiger partial charge in [0.25, 0.3) is 5.91 Å². The maximum Gasteiger partial charge on any atom is 0.255 e. The van der Waals surface area contributed by atoms with Gasteiger partial charge >= 0.3 is 0 Å². The summed E-state index contributed by atoms with van der Waals surface area (Å²) in [6.07, 6.45) is 8.02. The molecule has 2 amide bonds. The Morgan fingerprint density at radius 3 is 2.50 bits per heavy atom. The van der Waals surface area contributed by atoms with Crippen LogP contribution in [0.25, 0.3) is 16.6 Å². The lowest BCUT2D eigenvalue weighted by Crippen LogP contribution is -2.67. The normalized spacial score (nSPS) is 22.9. The number of aromatic nitrogens is 2. The van der Waals surface area contributed by atoms with Gasteiger partial charge in [-0.25, -0.2) is 0 Å². The lowest BCUT2D eigenvalue weighted by Gasteiger charge is -2.59. The van der Waals surface area contributed by atoms with Crippen LogP contribution in [0.1, 0.15) is 76.4 Å². The number of benzene rings is 1. The molecule has 1 unspecified atom stereocenters. The monoisotopic (exact) mass is 567 g/mol. The number of likely N-dealkylation sites (tertiary alicyclic amines) is 2. The quantitative estimate of drug-likeness (QED) is 0.412. The highest BCUT2D eigenvalue weighted by atomic mass is 16.2. The number of aryl methyl sites for hydroxylation is 1. The summed E-state index contributed by atoms with van der Waals surface area (Å²) < 4.78 is 2.13. The molecule has 2 radical (unpaired) electrons. The van der Waals surface area contributed by atoms with E-state index in [0.717, 1.165) is 42.7 Å². The zero-order chi connectivity index (χ0) is 30.7. The minimum atomic E-state index is -0.0483. The number of amides is 2. The molecule has 42 heavy (non-hydrogen) atoms. The van der Waals surface area contributed by atoms with Gasteiger partial charge in [0.05, 0.1) is 23.0 Å². The average molecular weight is 568 g/mol. The predicted octanol–water partition coefficient (Wildman–Crippen LogP) is 4.51. The van der Waals surface area contributed by atoms with Crippen LogP contribution in [0.3, 0.4) is 0 Å². The van der Waals surface area contributed by atoms with Crippen molar-refractivity contribution in [3.05, 3.63) is 53.5 Å².